The first kappa shape index (κ1) is 35.6. The van der Waals surface area contributed by atoms with Gasteiger partial charge in [-0.2, -0.15) is 5.26 Å². The molecule has 1 amide bonds. The van der Waals surface area contributed by atoms with Crippen LogP contribution in [-0.2, 0) is 6.42 Å². The summed E-state index contributed by atoms with van der Waals surface area (Å²) in [5, 5.41) is 36.1. The molecule has 43 heavy (non-hydrogen) atoms. The van der Waals surface area contributed by atoms with Crippen molar-refractivity contribution in [2.45, 2.75) is 104 Å². The van der Waals surface area contributed by atoms with Crippen LogP contribution in [0.4, 0.5) is 11.4 Å². The Morgan fingerprint density at radius 2 is 1.53 bits per heavy atom. The molecule has 0 saturated heterocycles. The van der Waals surface area contributed by atoms with Crippen LogP contribution >= 0.6 is 0 Å². The van der Waals surface area contributed by atoms with Crippen LogP contribution in [0.2, 0.25) is 0 Å². The van der Waals surface area contributed by atoms with Crippen LogP contribution in [0.3, 0.4) is 0 Å². The molecular weight excluding hydrogens is 542 g/mol. The van der Waals surface area contributed by atoms with Crippen molar-refractivity contribution in [3.63, 3.8) is 0 Å². The van der Waals surface area contributed by atoms with Gasteiger partial charge in [-0.1, -0.05) is 66.0 Å². The summed E-state index contributed by atoms with van der Waals surface area (Å²) in [7, 11) is 0. The Labute approximate surface area is 257 Å². The van der Waals surface area contributed by atoms with Crippen LogP contribution in [-0.4, -0.2) is 59.2 Å². The zero-order valence-corrected chi connectivity index (χ0v) is 26.7. The second-order valence-electron chi connectivity index (χ2n) is 11.0. The smallest absolute Gasteiger partial charge is 0.269 e. The molecule has 2 unspecified atom stereocenters. The number of unbranched alkanes of at least 4 members (excludes halogenated alkanes) is 3. The van der Waals surface area contributed by atoms with Crippen molar-refractivity contribution in [3.05, 3.63) is 51.3 Å². The van der Waals surface area contributed by atoms with Gasteiger partial charge in [-0.15, -0.1) is 10.2 Å². The Hall–Kier alpha value is -3.55. The third-order valence-corrected chi connectivity index (χ3v) is 7.64. The molecule has 0 aliphatic rings. The fourth-order valence-corrected chi connectivity index (χ4v) is 4.88. The molecule has 0 saturated carbocycles. The fraction of sp³-hybridized carbons (Fsp3) is 0.606. The molecule has 2 aromatic rings. The van der Waals surface area contributed by atoms with Crippen molar-refractivity contribution in [3.8, 4) is 11.9 Å². The highest BCUT2D eigenvalue weighted by Gasteiger charge is 2.25. The Morgan fingerprint density at radius 3 is 2.07 bits per heavy atom. The molecule has 10 nitrogen and oxygen atoms in total. The van der Waals surface area contributed by atoms with E-state index in [1.807, 2.05) is 17.9 Å². The summed E-state index contributed by atoms with van der Waals surface area (Å²) in [5.74, 6) is -0.590. The lowest BCUT2D eigenvalue weighted by Gasteiger charge is -2.32. The zero-order chi connectivity index (χ0) is 31.6. The van der Waals surface area contributed by atoms with Crippen molar-refractivity contribution >= 4 is 17.3 Å². The molecule has 0 aliphatic heterocycles. The molecular formula is C33H51N7O3. The standard InChI is InChI=1S/C33H51N7O3/c1-6-11-16-26-28(21-34)31(41)37-32(42)30(26)39-38-29-18-15-14-17-27(29)33(43)40(22-24(9-4)35-19-12-7-2)23-25(10-5)36-20-13-8-3/h14-15,17-18,24-25,35-36H,6-13,16,19-20,22-23H2,1-5H3,(H2,37,41,42)/b39-38+. The van der Waals surface area contributed by atoms with Gasteiger partial charge in [0.2, 0.25) is 5.88 Å². The van der Waals surface area contributed by atoms with Crippen LogP contribution in [0.5, 0.6) is 5.88 Å². The summed E-state index contributed by atoms with van der Waals surface area (Å²) in [6.45, 7) is 13.5. The molecule has 0 radical (unpaired) electrons. The van der Waals surface area contributed by atoms with E-state index in [-0.39, 0.29) is 29.2 Å². The SMILES string of the molecule is CCCCNC(CC)CN(CC(CC)NCCCC)C(=O)c1ccccc1/N=N/c1c(O)[nH]c(=O)c(C#N)c1CCCC. The molecule has 0 aliphatic carbocycles. The molecule has 0 spiro atoms. The average Bonchev–Trinajstić information content (AvgIpc) is 3.01. The molecule has 0 bridgehead atoms. The van der Waals surface area contributed by atoms with Gasteiger partial charge in [0.25, 0.3) is 11.5 Å². The van der Waals surface area contributed by atoms with E-state index < -0.39 is 11.4 Å². The number of carbonyl (C=O) groups is 1. The third-order valence-electron chi connectivity index (χ3n) is 7.64. The number of H-pyrrole nitrogens is 1. The zero-order valence-electron chi connectivity index (χ0n) is 26.7. The average molecular weight is 594 g/mol. The fourth-order valence-electron chi connectivity index (χ4n) is 4.88. The van der Waals surface area contributed by atoms with Crippen molar-refractivity contribution < 1.29 is 9.90 Å². The minimum Gasteiger partial charge on any atom is -0.493 e. The summed E-state index contributed by atoms with van der Waals surface area (Å²) in [5.41, 5.74) is 0.402. The molecule has 236 valence electrons. The van der Waals surface area contributed by atoms with Crippen molar-refractivity contribution in [2.75, 3.05) is 26.2 Å². The van der Waals surface area contributed by atoms with Crippen LogP contribution in [0.25, 0.3) is 0 Å². The van der Waals surface area contributed by atoms with Gasteiger partial charge >= 0.3 is 0 Å². The number of amides is 1. The molecule has 1 aromatic carbocycles. The van der Waals surface area contributed by atoms with Crippen LogP contribution in [0, 0.1) is 11.3 Å². The number of nitrogens with zero attached hydrogens (tertiary/aromatic N) is 4. The van der Waals surface area contributed by atoms with Gasteiger partial charge in [-0.05, 0) is 63.7 Å². The lowest BCUT2D eigenvalue weighted by atomic mass is 10.0. The molecule has 1 aromatic heterocycles. The summed E-state index contributed by atoms with van der Waals surface area (Å²) in [6, 6.07) is 9.28. The number of carbonyl (C=O) groups excluding carboxylic acids is 1. The third kappa shape index (κ3) is 10.9. The number of benzene rings is 1. The van der Waals surface area contributed by atoms with E-state index in [0.29, 0.717) is 42.7 Å². The van der Waals surface area contributed by atoms with Crippen molar-refractivity contribution in [2.24, 2.45) is 10.2 Å². The van der Waals surface area contributed by atoms with E-state index >= 15 is 0 Å². The number of pyridine rings is 1. The number of nitrogens with one attached hydrogen (secondary N) is 3. The van der Waals surface area contributed by atoms with Crippen LogP contribution in [0.15, 0.2) is 39.3 Å². The summed E-state index contributed by atoms with van der Waals surface area (Å²) in [6.07, 6.45) is 8.08. The van der Waals surface area contributed by atoms with Crippen LogP contribution < -0.4 is 16.2 Å². The normalized spacial score (nSPS) is 12.7. The quantitative estimate of drug-likeness (QED) is 0.102. The van der Waals surface area contributed by atoms with E-state index in [4.69, 9.17) is 0 Å². The first-order valence-electron chi connectivity index (χ1n) is 16.0. The monoisotopic (exact) mass is 593 g/mol. The maximum Gasteiger partial charge on any atom is 0.269 e. The first-order chi connectivity index (χ1) is 20.8. The number of aromatic hydroxyl groups is 1. The summed E-state index contributed by atoms with van der Waals surface area (Å²) in [4.78, 5) is 30.7. The maximum atomic E-state index is 14.2. The van der Waals surface area contributed by atoms with E-state index in [2.05, 4.69) is 53.5 Å². The number of aromatic nitrogens is 1. The molecule has 2 rings (SSSR count). The van der Waals surface area contributed by atoms with Gasteiger partial charge in [0, 0.05) is 30.7 Å². The number of hydrogen-bond acceptors (Lipinski definition) is 8. The van der Waals surface area contributed by atoms with Crippen molar-refractivity contribution in [1.82, 2.24) is 20.5 Å². The molecule has 1 heterocycles. The Bertz CT molecular complexity index is 1250. The maximum absolute atomic E-state index is 14.2. The lowest BCUT2D eigenvalue weighted by molar-refractivity contribution is 0.0718. The van der Waals surface area contributed by atoms with Crippen LogP contribution in [0.1, 0.15) is 107 Å². The van der Waals surface area contributed by atoms with Gasteiger partial charge in [-0.25, -0.2) is 0 Å². The highest BCUT2D eigenvalue weighted by Crippen LogP contribution is 2.33. The van der Waals surface area contributed by atoms with E-state index in [1.165, 1.54) is 0 Å². The number of hydrogen-bond donors (Lipinski definition) is 4. The second-order valence-corrected chi connectivity index (χ2v) is 11.0. The predicted octanol–water partition coefficient (Wildman–Crippen LogP) is 6.49. The largest absolute Gasteiger partial charge is 0.493 e. The minimum atomic E-state index is -0.660. The highest BCUT2D eigenvalue weighted by atomic mass is 16.3. The van der Waals surface area contributed by atoms with Crippen molar-refractivity contribution in [1.29, 1.82) is 5.26 Å². The second kappa shape index (κ2) is 19.6. The molecule has 10 heteroatoms. The Balaban J connectivity index is 2.48. The van der Waals surface area contributed by atoms with E-state index in [0.717, 1.165) is 58.0 Å². The summed E-state index contributed by atoms with van der Waals surface area (Å²) >= 11 is 0. The number of azo groups is 1. The Morgan fingerprint density at radius 1 is 0.953 bits per heavy atom. The number of nitriles is 1. The van der Waals surface area contributed by atoms with Gasteiger partial charge in [0.1, 0.15) is 11.6 Å². The van der Waals surface area contributed by atoms with Gasteiger partial charge in [-0.3, -0.25) is 14.6 Å². The van der Waals surface area contributed by atoms with Gasteiger partial charge in [0.15, 0.2) is 5.69 Å². The number of rotatable bonds is 20. The van der Waals surface area contributed by atoms with Gasteiger partial charge < -0.3 is 20.6 Å². The molecule has 2 atom stereocenters. The number of aromatic amines is 1. The lowest BCUT2D eigenvalue weighted by Crippen LogP contribution is -2.49. The molecule has 0 fully saturated rings. The minimum absolute atomic E-state index is 0.0426. The first-order valence-corrected chi connectivity index (χ1v) is 16.0. The van der Waals surface area contributed by atoms with Gasteiger partial charge in [0.05, 0.1) is 11.3 Å². The van der Waals surface area contributed by atoms with E-state index in [1.54, 1.807) is 24.3 Å². The highest BCUT2D eigenvalue weighted by molar-refractivity contribution is 5.99. The molecule has 4 N–H and O–H groups in total. The Kier molecular flexibility index (Phi) is 16.2. The topological polar surface area (TPSA) is 146 Å². The predicted molar refractivity (Wildman–Crippen MR) is 173 cm³/mol. The van der Waals surface area contributed by atoms with E-state index in [9.17, 15) is 20.0 Å². The summed E-state index contributed by atoms with van der Waals surface area (Å²) < 4.78 is 0.